The van der Waals surface area contributed by atoms with E-state index in [-0.39, 0.29) is 30.0 Å². The van der Waals surface area contributed by atoms with E-state index in [0.717, 1.165) is 5.56 Å². The fourth-order valence-corrected chi connectivity index (χ4v) is 4.18. The lowest BCUT2D eigenvalue weighted by atomic mass is 9.81. The minimum absolute atomic E-state index is 0.00260. The summed E-state index contributed by atoms with van der Waals surface area (Å²) in [6.45, 7) is 6.43. The van der Waals surface area contributed by atoms with Gasteiger partial charge in [0.25, 0.3) is 5.91 Å². The molecule has 0 radical (unpaired) electrons. The largest absolute Gasteiger partial charge is 0.388 e. The molecular weight excluding hydrogens is 399 g/mol. The maximum absolute atomic E-state index is 13.8. The number of benzene rings is 2. The van der Waals surface area contributed by atoms with Crippen LogP contribution in [0.4, 0.5) is 10.1 Å². The molecule has 1 N–H and O–H groups in total. The highest BCUT2D eigenvalue weighted by Gasteiger charge is 2.34. The Morgan fingerprint density at radius 3 is 2.55 bits per heavy atom. The molecule has 8 heteroatoms. The van der Waals surface area contributed by atoms with E-state index in [4.69, 9.17) is 0 Å². The lowest BCUT2D eigenvalue weighted by molar-refractivity contribution is 0.0973. The SMILES string of the molecule is CCn1c(CO)nn(-c2ccc3c(c2)C(C(C)C)CN(c2cccc(F)c2)C3=O)c1=O. The summed E-state index contributed by atoms with van der Waals surface area (Å²) in [5.41, 5.74) is 2.10. The molecule has 2 heterocycles. The molecule has 0 fully saturated rings. The number of amides is 1. The second-order valence-corrected chi connectivity index (χ2v) is 8.03. The van der Waals surface area contributed by atoms with Gasteiger partial charge in [-0.3, -0.25) is 9.36 Å². The molecule has 162 valence electrons. The predicted molar refractivity (Wildman–Crippen MR) is 115 cm³/mol. The zero-order valence-corrected chi connectivity index (χ0v) is 17.7. The summed E-state index contributed by atoms with van der Waals surface area (Å²) in [4.78, 5) is 27.6. The van der Waals surface area contributed by atoms with Gasteiger partial charge in [0.05, 0.1) is 5.69 Å². The minimum Gasteiger partial charge on any atom is -0.388 e. The van der Waals surface area contributed by atoms with Gasteiger partial charge in [-0.05, 0) is 54.8 Å². The molecule has 7 nitrogen and oxygen atoms in total. The fourth-order valence-electron chi connectivity index (χ4n) is 4.18. The van der Waals surface area contributed by atoms with Crippen molar-refractivity contribution in [1.82, 2.24) is 14.3 Å². The summed E-state index contributed by atoms with van der Waals surface area (Å²) >= 11 is 0. The van der Waals surface area contributed by atoms with E-state index in [1.807, 2.05) is 13.0 Å². The molecule has 1 aromatic heterocycles. The van der Waals surface area contributed by atoms with Crippen LogP contribution in [-0.4, -0.2) is 31.9 Å². The molecular formula is C23H25FN4O3. The smallest absolute Gasteiger partial charge is 0.350 e. The number of anilines is 1. The number of aromatic nitrogens is 3. The Balaban J connectivity index is 1.82. The third-order valence-corrected chi connectivity index (χ3v) is 5.86. The maximum Gasteiger partial charge on any atom is 0.350 e. The highest BCUT2D eigenvalue weighted by molar-refractivity contribution is 6.08. The molecule has 0 saturated heterocycles. The van der Waals surface area contributed by atoms with Gasteiger partial charge in [0.2, 0.25) is 0 Å². The van der Waals surface area contributed by atoms with Crippen LogP contribution in [0, 0.1) is 11.7 Å². The number of hydrogen-bond donors (Lipinski definition) is 1. The van der Waals surface area contributed by atoms with Crippen molar-refractivity contribution in [2.24, 2.45) is 5.92 Å². The monoisotopic (exact) mass is 424 g/mol. The summed E-state index contributed by atoms with van der Waals surface area (Å²) in [5, 5.41) is 13.8. The van der Waals surface area contributed by atoms with Crippen molar-refractivity contribution in [3.63, 3.8) is 0 Å². The third-order valence-electron chi connectivity index (χ3n) is 5.86. The van der Waals surface area contributed by atoms with Crippen LogP contribution in [-0.2, 0) is 13.2 Å². The summed E-state index contributed by atoms with van der Waals surface area (Å²) in [6.07, 6.45) is 0. The summed E-state index contributed by atoms with van der Waals surface area (Å²) < 4.78 is 16.4. The molecule has 0 bridgehead atoms. The van der Waals surface area contributed by atoms with Gasteiger partial charge in [-0.15, -0.1) is 5.10 Å². The van der Waals surface area contributed by atoms with Crippen molar-refractivity contribution >= 4 is 11.6 Å². The van der Waals surface area contributed by atoms with Gasteiger partial charge in [0.1, 0.15) is 12.4 Å². The molecule has 0 saturated carbocycles. The topological polar surface area (TPSA) is 80.4 Å². The van der Waals surface area contributed by atoms with Crippen LogP contribution >= 0.6 is 0 Å². The molecule has 31 heavy (non-hydrogen) atoms. The first-order valence-corrected chi connectivity index (χ1v) is 10.4. The molecule has 0 aliphatic carbocycles. The number of rotatable bonds is 5. The van der Waals surface area contributed by atoms with Crippen molar-refractivity contribution in [2.75, 3.05) is 11.4 Å². The zero-order valence-electron chi connectivity index (χ0n) is 17.7. The van der Waals surface area contributed by atoms with Gasteiger partial charge in [-0.25, -0.2) is 9.18 Å². The van der Waals surface area contributed by atoms with E-state index in [2.05, 4.69) is 18.9 Å². The van der Waals surface area contributed by atoms with Crippen molar-refractivity contribution in [3.05, 3.63) is 75.7 Å². The molecule has 3 aromatic rings. The number of hydrogen-bond acceptors (Lipinski definition) is 4. The Bertz CT molecular complexity index is 1200. The van der Waals surface area contributed by atoms with Crippen LogP contribution in [0.5, 0.6) is 0 Å². The summed E-state index contributed by atoms with van der Waals surface area (Å²) in [5.74, 6) is -0.100. The number of carbonyl (C=O) groups excluding carboxylic acids is 1. The van der Waals surface area contributed by atoms with Crippen LogP contribution in [0.15, 0.2) is 47.3 Å². The number of carbonyl (C=O) groups is 1. The first-order valence-electron chi connectivity index (χ1n) is 10.4. The first-order chi connectivity index (χ1) is 14.8. The van der Waals surface area contributed by atoms with E-state index >= 15 is 0 Å². The molecule has 1 atom stereocenters. The number of halogens is 1. The van der Waals surface area contributed by atoms with Crippen LogP contribution in [0.2, 0.25) is 0 Å². The number of aliphatic hydroxyl groups is 1. The van der Waals surface area contributed by atoms with Crippen LogP contribution in [0.1, 0.15) is 48.4 Å². The van der Waals surface area contributed by atoms with Crippen molar-refractivity contribution < 1.29 is 14.3 Å². The number of nitrogens with zero attached hydrogens (tertiary/aromatic N) is 4. The highest BCUT2D eigenvalue weighted by Crippen LogP contribution is 2.36. The van der Waals surface area contributed by atoms with Crippen LogP contribution < -0.4 is 10.6 Å². The Morgan fingerprint density at radius 1 is 1.16 bits per heavy atom. The van der Waals surface area contributed by atoms with Gasteiger partial charge < -0.3 is 10.0 Å². The van der Waals surface area contributed by atoms with Crippen molar-refractivity contribution in [3.8, 4) is 5.69 Å². The third kappa shape index (κ3) is 3.57. The van der Waals surface area contributed by atoms with E-state index < -0.39 is 5.82 Å². The van der Waals surface area contributed by atoms with Gasteiger partial charge in [-0.2, -0.15) is 4.68 Å². The quantitative estimate of drug-likeness (QED) is 0.683. The Hall–Kier alpha value is -3.26. The van der Waals surface area contributed by atoms with E-state index in [1.165, 1.54) is 21.4 Å². The molecule has 1 amide bonds. The zero-order chi connectivity index (χ0) is 22.3. The second-order valence-electron chi connectivity index (χ2n) is 8.03. The lowest BCUT2D eigenvalue weighted by Crippen LogP contribution is -2.41. The molecule has 2 aromatic carbocycles. The number of aliphatic hydroxyl groups excluding tert-OH is 1. The van der Waals surface area contributed by atoms with E-state index in [9.17, 15) is 19.1 Å². The number of fused-ring (bicyclic) bond motifs is 1. The van der Waals surface area contributed by atoms with Gasteiger partial charge >= 0.3 is 5.69 Å². The molecule has 1 unspecified atom stereocenters. The Morgan fingerprint density at radius 2 is 1.94 bits per heavy atom. The average molecular weight is 424 g/mol. The first kappa shape index (κ1) is 21.0. The van der Waals surface area contributed by atoms with E-state index in [0.29, 0.717) is 35.9 Å². The standard InChI is InChI=1S/C23H25FN4O3/c1-4-26-21(13-29)25-28(23(26)31)17-8-9-18-19(11-17)20(14(2)3)12-27(22(18)30)16-7-5-6-15(24)10-16/h5-11,14,20,29H,4,12-13H2,1-3H3. The maximum atomic E-state index is 13.8. The minimum atomic E-state index is -0.391. The van der Waals surface area contributed by atoms with Crippen LogP contribution in [0.25, 0.3) is 5.69 Å². The normalized spacial score (nSPS) is 16.1. The van der Waals surface area contributed by atoms with E-state index in [1.54, 1.807) is 29.2 Å². The molecule has 4 rings (SSSR count). The molecule has 1 aliphatic heterocycles. The Labute approximate surface area is 179 Å². The van der Waals surface area contributed by atoms with Gasteiger partial charge in [0.15, 0.2) is 5.82 Å². The fraction of sp³-hybridized carbons (Fsp3) is 0.348. The van der Waals surface area contributed by atoms with Crippen molar-refractivity contribution in [2.45, 2.75) is 39.8 Å². The van der Waals surface area contributed by atoms with Gasteiger partial charge in [0, 0.05) is 30.3 Å². The molecule has 1 aliphatic rings. The Kier molecular flexibility index (Phi) is 5.49. The molecule has 0 spiro atoms. The second kappa shape index (κ2) is 8.11. The van der Waals surface area contributed by atoms with Crippen molar-refractivity contribution in [1.29, 1.82) is 0 Å². The highest BCUT2D eigenvalue weighted by atomic mass is 19.1. The van der Waals surface area contributed by atoms with Crippen LogP contribution in [0.3, 0.4) is 0 Å². The lowest BCUT2D eigenvalue weighted by Gasteiger charge is -2.36. The van der Waals surface area contributed by atoms with Gasteiger partial charge in [-0.1, -0.05) is 19.9 Å². The average Bonchev–Trinajstić information content (AvgIpc) is 3.08. The predicted octanol–water partition coefficient (Wildman–Crippen LogP) is 3.09. The summed E-state index contributed by atoms with van der Waals surface area (Å²) in [7, 11) is 0. The summed E-state index contributed by atoms with van der Waals surface area (Å²) in [6, 6.07) is 11.2.